The molecule has 0 unspecified atom stereocenters. The molecule has 3 rings (SSSR count). The molecule has 0 atom stereocenters. The predicted octanol–water partition coefficient (Wildman–Crippen LogP) is 4.01. The second-order valence-electron chi connectivity index (χ2n) is 6.40. The monoisotopic (exact) mass is 295 g/mol. The molecule has 0 saturated carbocycles. The second kappa shape index (κ2) is 5.16. The van der Waals surface area contributed by atoms with E-state index in [2.05, 4.69) is 19.1 Å². The smallest absolute Gasteiger partial charge is 0.271 e. The summed E-state index contributed by atoms with van der Waals surface area (Å²) in [7, 11) is 0. The van der Waals surface area contributed by atoms with Crippen LogP contribution in [-0.2, 0) is 11.3 Å². The van der Waals surface area contributed by atoms with E-state index >= 15 is 0 Å². The Balaban J connectivity index is 2.07. The highest BCUT2D eigenvalue weighted by Crippen LogP contribution is 2.39. The second-order valence-corrected chi connectivity index (χ2v) is 6.40. The first-order chi connectivity index (χ1) is 10.4. The summed E-state index contributed by atoms with van der Waals surface area (Å²) < 4.78 is 5.89. The van der Waals surface area contributed by atoms with Crippen molar-refractivity contribution >= 4 is 11.6 Å². The first kappa shape index (κ1) is 14.6. The van der Waals surface area contributed by atoms with Crippen molar-refractivity contribution in [3.63, 3.8) is 0 Å². The number of benzene rings is 2. The van der Waals surface area contributed by atoms with Gasteiger partial charge in [0.1, 0.15) is 5.75 Å². The maximum Gasteiger partial charge on any atom is 0.271 e. The Morgan fingerprint density at radius 3 is 2.55 bits per heavy atom. The molecule has 0 aromatic heterocycles. The molecule has 0 N–H and O–H groups in total. The van der Waals surface area contributed by atoms with Crippen molar-refractivity contribution in [3.05, 3.63) is 59.2 Å². The number of fused-ring (bicyclic) bond motifs is 1. The van der Waals surface area contributed by atoms with Crippen LogP contribution in [0.3, 0.4) is 0 Å². The highest BCUT2D eigenvalue weighted by Gasteiger charge is 2.40. The summed E-state index contributed by atoms with van der Waals surface area (Å²) in [6.07, 6.45) is 0. The number of hydrogen-bond acceptors (Lipinski definition) is 2. The maximum absolute atomic E-state index is 12.8. The quantitative estimate of drug-likeness (QED) is 0.838. The fraction of sp³-hybridized carbons (Fsp3) is 0.316. The molecule has 3 heteroatoms. The van der Waals surface area contributed by atoms with E-state index in [-0.39, 0.29) is 5.91 Å². The van der Waals surface area contributed by atoms with Gasteiger partial charge in [-0.2, -0.15) is 0 Å². The average Bonchev–Trinajstić information content (AvgIpc) is 2.46. The van der Waals surface area contributed by atoms with Crippen LogP contribution in [0, 0.1) is 13.8 Å². The van der Waals surface area contributed by atoms with Gasteiger partial charge in [0.05, 0.1) is 12.2 Å². The first-order valence-corrected chi connectivity index (χ1v) is 7.54. The minimum atomic E-state index is -0.842. The minimum Gasteiger partial charge on any atom is -0.476 e. The van der Waals surface area contributed by atoms with Crippen molar-refractivity contribution in [2.75, 3.05) is 4.90 Å². The van der Waals surface area contributed by atoms with Crippen molar-refractivity contribution in [2.24, 2.45) is 0 Å². The van der Waals surface area contributed by atoms with Gasteiger partial charge < -0.3 is 9.64 Å². The van der Waals surface area contributed by atoms with Crippen LogP contribution in [0.5, 0.6) is 5.75 Å². The molecule has 114 valence electrons. The summed E-state index contributed by atoms with van der Waals surface area (Å²) in [5.41, 5.74) is 3.47. The summed E-state index contributed by atoms with van der Waals surface area (Å²) in [5, 5.41) is 0. The van der Waals surface area contributed by atoms with Gasteiger partial charge in [0.15, 0.2) is 5.60 Å². The third kappa shape index (κ3) is 2.47. The lowest BCUT2D eigenvalue weighted by atomic mass is 10.0. The van der Waals surface area contributed by atoms with Crippen molar-refractivity contribution < 1.29 is 9.53 Å². The molecule has 1 aliphatic rings. The molecule has 3 nitrogen and oxygen atoms in total. The molecule has 0 radical (unpaired) electrons. The third-order valence-corrected chi connectivity index (χ3v) is 4.12. The van der Waals surface area contributed by atoms with Crippen molar-refractivity contribution in [2.45, 2.75) is 39.8 Å². The maximum atomic E-state index is 12.8. The summed E-state index contributed by atoms with van der Waals surface area (Å²) in [6, 6.07) is 14.1. The highest BCUT2D eigenvalue weighted by molar-refractivity contribution is 6.02. The fourth-order valence-electron chi connectivity index (χ4n) is 2.79. The highest BCUT2D eigenvalue weighted by atomic mass is 16.5. The SMILES string of the molecule is Cc1ccc2c(c1)N(Cc1ccccc1C)C(=O)C(C)(C)O2. The first-order valence-electron chi connectivity index (χ1n) is 7.54. The number of nitrogens with zero attached hydrogens (tertiary/aromatic N) is 1. The zero-order valence-corrected chi connectivity index (χ0v) is 13.5. The Hall–Kier alpha value is -2.29. The van der Waals surface area contributed by atoms with Gasteiger partial charge >= 0.3 is 0 Å². The van der Waals surface area contributed by atoms with Gasteiger partial charge in [-0.1, -0.05) is 30.3 Å². The van der Waals surface area contributed by atoms with Crippen LogP contribution in [0.15, 0.2) is 42.5 Å². The molecule has 2 aromatic rings. The number of anilines is 1. The van der Waals surface area contributed by atoms with E-state index in [1.165, 1.54) is 5.56 Å². The summed E-state index contributed by atoms with van der Waals surface area (Å²) in [4.78, 5) is 14.7. The molecule has 0 fully saturated rings. The van der Waals surface area contributed by atoms with Crippen LogP contribution < -0.4 is 9.64 Å². The molecule has 1 aliphatic heterocycles. The van der Waals surface area contributed by atoms with Gasteiger partial charge in [-0.3, -0.25) is 4.79 Å². The number of carbonyl (C=O) groups excluding carboxylic acids is 1. The van der Waals surface area contributed by atoms with E-state index in [0.717, 1.165) is 22.6 Å². The van der Waals surface area contributed by atoms with Gasteiger partial charge in [0, 0.05) is 0 Å². The van der Waals surface area contributed by atoms with E-state index < -0.39 is 5.60 Å². The van der Waals surface area contributed by atoms with E-state index in [1.807, 2.05) is 56.0 Å². The third-order valence-electron chi connectivity index (χ3n) is 4.12. The number of amides is 1. The topological polar surface area (TPSA) is 29.5 Å². The Bertz CT molecular complexity index is 734. The molecule has 22 heavy (non-hydrogen) atoms. The van der Waals surface area contributed by atoms with Gasteiger partial charge in [-0.05, 0) is 56.5 Å². The van der Waals surface area contributed by atoms with Gasteiger partial charge in [0.2, 0.25) is 0 Å². The summed E-state index contributed by atoms with van der Waals surface area (Å²) in [5.74, 6) is 0.762. The van der Waals surface area contributed by atoms with Gasteiger partial charge in [-0.25, -0.2) is 0 Å². The Morgan fingerprint density at radius 2 is 1.82 bits per heavy atom. The van der Waals surface area contributed by atoms with E-state index in [1.54, 1.807) is 0 Å². The van der Waals surface area contributed by atoms with E-state index in [0.29, 0.717) is 6.54 Å². The van der Waals surface area contributed by atoms with Crippen LogP contribution in [0.2, 0.25) is 0 Å². The molecule has 2 aromatic carbocycles. The van der Waals surface area contributed by atoms with Crippen molar-refractivity contribution in [1.82, 2.24) is 0 Å². The summed E-state index contributed by atoms with van der Waals surface area (Å²) in [6.45, 7) is 8.31. The Labute approximate surface area is 131 Å². The number of rotatable bonds is 2. The summed E-state index contributed by atoms with van der Waals surface area (Å²) >= 11 is 0. The molecule has 1 amide bonds. The van der Waals surface area contributed by atoms with Gasteiger partial charge in [0.25, 0.3) is 5.91 Å². The van der Waals surface area contributed by atoms with Crippen molar-refractivity contribution in [1.29, 1.82) is 0 Å². The molecule has 0 aliphatic carbocycles. The minimum absolute atomic E-state index is 0.00569. The lowest BCUT2D eigenvalue weighted by Crippen LogP contribution is -2.52. The Kier molecular flexibility index (Phi) is 3.44. The number of ether oxygens (including phenoxy) is 1. The van der Waals surface area contributed by atoms with Crippen LogP contribution in [0.1, 0.15) is 30.5 Å². The molecule has 0 bridgehead atoms. The molecular formula is C19H21NO2. The van der Waals surface area contributed by atoms with Crippen molar-refractivity contribution in [3.8, 4) is 5.75 Å². The lowest BCUT2D eigenvalue weighted by molar-refractivity contribution is -0.132. The zero-order chi connectivity index (χ0) is 15.9. The Morgan fingerprint density at radius 1 is 1.09 bits per heavy atom. The lowest BCUT2D eigenvalue weighted by Gasteiger charge is -2.39. The molecular weight excluding hydrogens is 274 g/mol. The largest absolute Gasteiger partial charge is 0.476 e. The molecule has 1 heterocycles. The van der Waals surface area contributed by atoms with Crippen LogP contribution in [-0.4, -0.2) is 11.5 Å². The van der Waals surface area contributed by atoms with E-state index in [9.17, 15) is 4.79 Å². The van der Waals surface area contributed by atoms with Crippen LogP contribution in [0.25, 0.3) is 0 Å². The van der Waals surface area contributed by atoms with Crippen LogP contribution in [0.4, 0.5) is 5.69 Å². The fourth-order valence-corrected chi connectivity index (χ4v) is 2.79. The number of carbonyl (C=O) groups is 1. The zero-order valence-electron chi connectivity index (χ0n) is 13.5. The molecule has 0 saturated heterocycles. The predicted molar refractivity (Wildman–Crippen MR) is 88.3 cm³/mol. The van der Waals surface area contributed by atoms with Crippen LogP contribution >= 0.6 is 0 Å². The normalized spacial score (nSPS) is 16.2. The molecule has 0 spiro atoms. The average molecular weight is 295 g/mol. The number of aryl methyl sites for hydroxylation is 2. The van der Waals surface area contributed by atoms with Gasteiger partial charge in [-0.15, -0.1) is 0 Å². The number of hydrogen-bond donors (Lipinski definition) is 0. The van der Waals surface area contributed by atoms with E-state index in [4.69, 9.17) is 4.74 Å². The standard InChI is InChI=1S/C19H21NO2/c1-13-9-10-17-16(11-13)20(18(21)19(3,4)22-17)12-15-8-6-5-7-14(15)2/h5-11H,12H2,1-4H3.